The molecule has 1 rings (SSSR count). The first-order valence-electron chi connectivity index (χ1n) is 2.54. The number of hydrogen-bond acceptors (Lipinski definition) is 2. The van der Waals surface area contributed by atoms with Gasteiger partial charge in [0.15, 0.2) is 0 Å². The van der Waals surface area contributed by atoms with Crippen LogP contribution in [0, 0.1) is 6.92 Å². The van der Waals surface area contributed by atoms with Gasteiger partial charge in [-0.3, -0.25) is 0 Å². The van der Waals surface area contributed by atoms with E-state index >= 15 is 0 Å². The average molecular weight is 96.1 g/mol. The van der Waals surface area contributed by atoms with E-state index in [1.165, 1.54) is 12.5 Å². The second kappa shape index (κ2) is 1.69. The van der Waals surface area contributed by atoms with E-state index in [2.05, 4.69) is 9.97 Å². The first-order valence-corrected chi connectivity index (χ1v) is 2.04. The van der Waals surface area contributed by atoms with Crippen molar-refractivity contribution in [2.45, 2.75) is 6.92 Å². The van der Waals surface area contributed by atoms with E-state index in [0.717, 1.165) is 5.69 Å². The second-order valence-electron chi connectivity index (χ2n) is 1.25. The fourth-order valence-electron chi connectivity index (χ4n) is 0.321. The van der Waals surface area contributed by atoms with E-state index in [1.54, 1.807) is 6.92 Å². The molecule has 0 atom stereocenters. The SMILES string of the molecule is [3H]c1cncnc1C. The van der Waals surface area contributed by atoms with Gasteiger partial charge in [-0.15, -0.1) is 0 Å². The number of aromatic nitrogens is 2. The highest BCUT2D eigenvalue weighted by Crippen LogP contribution is 1.82. The highest BCUT2D eigenvalue weighted by Gasteiger charge is 1.74. The summed E-state index contributed by atoms with van der Waals surface area (Å²) in [5, 5.41) is 0. The van der Waals surface area contributed by atoms with Gasteiger partial charge in [0.1, 0.15) is 6.33 Å². The minimum atomic E-state index is 0.396. The Morgan fingerprint density at radius 2 is 2.71 bits per heavy atom. The summed E-state index contributed by atoms with van der Waals surface area (Å²) >= 11 is 0. The summed E-state index contributed by atoms with van der Waals surface area (Å²) in [4.78, 5) is 7.43. The molecular formula is C5H6N2. The number of aryl methyl sites for hydroxylation is 1. The molecule has 0 saturated heterocycles. The highest BCUT2D eigenvalue weighted by molar-refractivity contribution is 4.92. The van der Waals surface area contributed by atoms with Crippen molar-refractivity contribution < 1.29 is 1.37 Å². The summed E-state index contributed by atoms with van der Waals surface area (Å²) in [6, 6.07) is 0.396. The van der Waals surface area contributed by atoms with Crippen LogP contribution in [-0.2, 0) is 0 Å². The van der Waals surface area contributed by atoms with E-state index in [4.69, 9.17) is 1.37 Å². The average Bonchev–Trinajstić information content (AvgIpc) is 1.77. The molecule has 0 fully saturated rings. The molecule has 7 heavy (non-hydrogen) atoms. The lowest BCUT2D eigenvalue weighted by atomic mass is 10.5. The van der Waals surface area contributed by atoms with Gasteiger partial charge in [-0.05, 0) is 13.0 Å². The fraction of sp³-hybridized carbons (Fsp3) is 0.200. The maximum absolute atomic E-state index is 7.09. The molecule has 1 aromatic rings. The summed E-state index contributed by atoms with van der Waals surface area (Å²) in [5.74, 6) is 0. The smallest absolute Gasteiger partial charge is 0.115 e. The monoisotopic (exact) mass is 96.1 g/mol. The first kappa shape index (κ1) is 3.13. The van der Waals surface area contributed by atoms with Crippen molar-refractivity contribution in [1.82, 2.24) is 9.97 Å². The van der Waals surface area contributed by atoms with Gasteiger partial charge in [-0.1, -0.05) is 0 Å². The van der Waals surface area contributed by atoms with E-state index < -0.39 is 0 Å². The molecule has 36 valence electrons. The predicted molar refractivity (Wildman–Crippen MR) is 26.8 cm³/mol. The van der Waals surface area contributed by atoms with Crippen molar-refractivity contribution in [2.24, 2.45) is 0 Å². The molecule has 0 aliphatic carbocycles. The van der Waals surface area contributed by atoms with Gasteiger partial charge in [0, 0.05) is 11.9 Å². The Morgan fingerprint density at radius 3 is 3.14 bits per heavy atom. The molecule has 0 saturated carbocycles. The van der Waals surface area contributed by atoms with Gasteiger partial charge < -0.3 is 0 Å². The van der Waals surface area contributed by atoms with Crippen LogP contribution in [0.4, 0.5) is 0 Å². The molecular weight excluding hydrogens is 88.1 g/mol. The van der Waals surface area contributed by atoms with Crippen LogP contribution in [-0.4, -0.2) is 9.97 Å². The van der Waals surface area contributed by atoms with Crippen molar-refractivity contribution >= 4 is 0 Å². The Balaban J connectivity index is 3.13. The molecule has 2 heteroatoms. The van der Waals surface area contributed by atoms with Gasteiger partial charge in [0.25, 0.3) is 0 Å². The van der Waals surface area contributed by atoms with Crippen LogP contribution < -0.4 is 0 Å². The Kier molecular flexibility index (Phi) is 0.754. The molecule has 1 heterocycles. The maximum Gasteiger partial charge on any atom is 0.115 e. The standard InChI is InChI=1S/C5H6N2/c1-5-2-3-6-4-7-5/h2-4H,1H3/i2T. The van der Waals surface area contributed by atoms with Gasteiger partial charge in [-0.2, -0.15) is 0 Å². The van der Waals surface area contributed by atoms with Gasteiger partial charge in [0.05, 0.1) is 1.37 Å². The fourth-order valence-corrected chi connectivity index (χ4v) is 0.321. The van der Waals surface area contributed by atoms with Crippen LogP contribution in [0.3, 0.4) is 0 Å². The molecule has 1 aromatic heterocycles. The predicted octanol–water partition coefficient (Wildman–Crippen LogP) is 0.785. The Hall–Kier alpha value is -0.920. The van der Waals surface area contributed by atoms with E-state index in [-0.39, 0.29) is 0 Å². The van der Waals surface area contributed by atoms with Crippen molar-refractivity contribution in [1.29, 1.82) is 0 Å². The lowest BCUT2D eigenvalue weighted by molar-refractivity contribution is 1.10. The number of nitrogens with zero attached hydrogens (tertiary/aromatic N) is 2. The third-order valence-corrected chi connectivity index (χ3v) is 0.666. The summed E-state index contributed by atoms with van der Waals surface area (Å²) in [7, 11) is 0. The molecule has 0 aliphatic heterocycles. The minimum Gasteiger partial charge on any atom is -0.245 e. The molecule has 0 aliphatic rings. The molecule has 0 aromatic carbocycles. The Morgan fingerprint density at radius 1 is 1.86 bits per heavy atom. The molecule has 0 amide bonds. The normalized spacial score (nSPS) is 10.7. The summed E-state index contributed by atoms with van der Waals surface area (Å²) in [6.45, 7) is 1.78. The van der Waals surface area contributed by atoms with Crippen LogP contribution in [0.25, 0.3) is 0 Å². The summed E-state index contributed by atoms with van der Waals surface area (Å²) in [6.07, 6.45) is 2.91. The Labute approximate surface area is 43.6 Å². The quantitative estimate of drug-likeness (QED) is 0.477. The zero-order valence-corrected chi connectivity index (χ0v) is 4.05. The number of hydrogen-bond donors (Lipinski definition) is 0. The lowest BCUT2D eigenvalue weighted by Crippen LogP contribution is -1.77. The van der Waals surface area contributed by atoms with E-state index in [1.807, 2.05) is 0 Å². The van der Waals surface area contributed by atoms with Crippen molar-refractivity contribution in [3.05, 3.63) is 24.3 Å². The third-order valence-electron chi connectivity index (χ3n) is 0.666. The minimum absolute atomic E-state index is 0.396. The van der Waals surface area contributed by atoms with Crippen molar-refractivity contribution in [2.75, 3.05) is 0 Å². The lowest BCUT2D eigenvalue weighted by Gasteiger charge is -1.81. The van der Waals surface area contributed by atoms with Crippen LogP contribution in [0.2, 0.25) is 0 Å². The zero-order chi connectivity index (χ0) is 5.98. The molecule has 2 nitrogen and oxygen atoms in total. The first-order chi connectivity index (χ1) is 3.80. The molecule has 0 radical (unpaired) electrons. The van der Waals surface area contributed by atoms with E-state index in [0.29, 0.717) is 6.04 Å². The molecule has 0 spiro atoms. The van der Waals surface area contributed by atoms with E-state index in [9.17, 15) is 0 Å². The van der Waals surface area contributed by atoms with Crippen LogP contribution in [0.5, 0.6) is 0 Å². The zero-order valence-electron chi connectivity index (χ0n) is 5.05. The molecule has 0 unspecified atom stereocenters. The largest absolute Gasteiger partial charge is 0.245 e. The molecule has 0 bridgehead atoms. The topological polar surface area (TPSA) is 25.8 Å². The van der Waals surface area contributed by atoms with Crippen LogP contribution in [0.1, 0.15) is 7.06 Å². The Bertz CT molecular complexity index is 167. The summed E-state index contributed by atoms with van der Waals surface area (Å²) in [5.41, 5.74) is 0.722. The third kappa shape index (κ3) is 0.961. The van der Waals surface area contributed by atoms with Gasteiger partial charge in [0.2, 0.25) is 0 Å². The van der Waals surface area contributed by atoms with Gasteiger partial charge in [-0.25, -0.2) is 9.97 Å². The number of rotatable bonds is 0. The van der Waals surface area contributed by atoms with Crippen LogP contribution in [0.15, 0.2) is 18.6 Å². The summed E-state index contributed by atoms with van der Waals surface area (Å²) < 4.78 is 7.09. The molecule has 0 N–H and O–H groups in total. The van der Waals surface area contributed by atoms with Crippen LogP contribution >= 0.6 is 0 Å². The second-order valence-corrected chi connectivity index (χ2v) is 1.25. The highest BCUT2D eigenvalue weighted by atomic mass is 14.8. The maximum atomic E-state index is 7.09. The van der Waals surface area contributed by atoms with Crippen molar-refractivity contribution in [3.8, 4) is 0 Å². The van der Waals surface area contributed by atoms with Gasteiger partial charge >= 0.3 is 0 Å². The van der Waals surface area contributed by atoms with Crippen molar-refractivity contribution in [3.63, 3.8) is 0 Å².